The largest absolute Gasteiger partial charge is 0.488 e. The lowest BCUT2D eigenvalue weighted by atomic mass is 9.93. The molecule has 2 aromatic rings. The third-order valence-electron chi connectivity index (χ3n) is 5.55. The van der Waals surface area contributed by atoms with Crippen molar-refractivity contribution in [3.8, 4) is 5.75 Å². The van der Waals surface area contributed by atoms with Gasteiger partial charge < -0.3 is 9.47 Å². The van der Waals surface area contributed by atoms with E-state index in [1.807, 2.05) is 19.1 Å². The average Bonchev–Trinajstić information content (AvgIpc) is 2.89. The molecular formula is C24H27NO3. The summed E-state index contributed by atoms with van der Waals surface area (Å²) in [5.74, 6) is 0.857. The predicted molar refractivity (Wildman–Crippen MR) is 110 cm³/mol. The van der Waals surface area contributed by atoms with Crippen molar-refractivity contribution in [1.82, 2.24) is 4.90 Å². The van der Waals surface area contributed by atoms with Crippen LogP contribution in [0.2, 0.25) is 0 Å². The lowest BCUT2D eigenvalue weighted by molar-refractivity contribution is -0.149. The Hall–Kier alpha value is -2.59. The Kier molecular flexibility index (Phi) is 5.77. The van der Waals surface area contributed by atoms with Crippen LogP contribution in [-0.2, 0) is 16.1 Å². The van der Waals surface area contributed by atoms with E-state index in [4.69, 9.17) is 9.47 Å². The van der Waals surface area contributed by atoms with Gasteiger partial charge in [0.15, 0.2) is 0 Å². The third-order valence-corrected chi connectivity index (χ3v) is 5.55. The second-order valence-corrected chi connectivity index (χ2v) is 7.41. The fourth-order valence-corrected chi connectivity index (χ4v) is 4.14. The summed E-state index contributed by atoms with van der Waals surface area (Å²) in [6.07, 6.45) is 4.24. The molecule has 2 aromatic carbocycles. The summed E-state index contributed by atoms with van der Waals surface area (Å²) in [5, 5.41) is 0. The maximum absolute atomic E-state index is 12.1. The second kappa shape index (κ2) is 8.61. The SMILES string of the molecule is CCOC(=O)C1CCCN(CC=C2c3ccccc3COc3ccccc32)C1. The Morgan fingerprint density at radius 1 is 1.18 bits per heavy atom. The molecule has 0 saturated carbocycles. The van der Waals surface area contributed by atoms with E-state index >= 15 is 0 Å². The first kappa shape index (κ1) is 18.8. The van der Waals surface area contributed by atoms with Crippen LogP contribution >= 0.6 is 0 Å². The number of hydrogen-bond donors (Lipinski definition) is 0. The van der Waals surface area contributed by atoms with Gasteiger partial charge in [-0.1, -0.05) is 48.5 Å². The van der Waals surface area contributed by atoms with Crippen molar-refractivity contribution in [2.24, 2.45) is 5.92 Å². The van der Waals surface area contributed by atoms with Crippen molar-refractivity contribution in [3.63, 3.8) is 0 Å². The number of ether oxygens (including phenoxy) is 2. The van der Waals surface area contributed by atoms with Crippen LogP contribution in [0.4, 0.5) is 0 Å². The van der Waals surface area contributed by atoms with Crippen molar-refractivity contribution in [2.75, 3.05) is 26.2 Å². The van der Waals surface area contributed by atoms with E-state index in [0.717, 1.165) is 43.8 Å². The van der Waals surface area contributed by atoms with E-state index in [2.05, 4.69) is 47.4 Å². The predicted octanol–water partition coefficient (Wildman–Crippen LogP) is 4.29. The minimum atomic E-state index is -0.0570. The first-order valence-electron chi connectivity index (χ1n) is 10.2. The second-order valence-electron chi connectivity index (χ2n) is 7.41. The van der Waals surface area contributed by atoms with Gasteiger partial charge in [0.1, 0.15) is 12.4 Å². The molecular weight excluding hydrogens is 350 g/mol. The quantitative estimate of drug-likeness (QED) is 0.746. The fraction of sp³-hybridized carbons (Fsp3) is 0.375. The molecule has 0 spiro atoms. The summed E-state index contributed by atoms with van der Waals surface area (Å²) in [4.78, 5) is 14.5. The lowest BCUT2D eigenvalue weighted by Crippen LogP contribution is -2.39. The Morgan fingerprint density at radius 3 is 2.82 bits per heavy atom. The van der Waals surface area contributed by atoms with Crippen LogP contribution in [-0.4, -0.2) is 37.1 Å². The topological polar surface area (TPSA) is 38.8 Å². The number of rotatable bonds is 4. The van der Waals surface area contributed by atoms with Crippen LogP contribution in [0, 0.1) is 5.92 Å². The summed E-state index contributed by atoms with van der Waals surface area (Å²) in [6, 6.07) is 16.7. The molecule has 0 amide bonds. The number of hydrogen-bond acceptors (Lipinski definition) is 4. The molecule has 146 valence electrons. The number of carbonyl (C=O) groups is 1. The van der Waals surface area contributed by atoms with Crippen LogP contribution in [0.25, 0.3) is 5.57 Å². The summed E-state index contributed by atoms with van der Waals surface area (Å²) < 4.78 is 11.3. The Bertz CT molecular complexity index is 824. The summed E-state index contributed by atoms with van der Waals surface area (Å²) in [5.41, 5.74) is 4.77. The number of esters is 1. The molecule has 1 atom stereocenters. The number of carbonyl (C=O) groups excluding carboxylic acids is 1. The summed E-state index contributed by atoms with van der Waals surface area (Å²) in [7, 11) is 0. The number of piperidine rings is 1. The monoisotopic (exact) mass is 377 g/mol. The zero-order chi connectivity index (χ0) is 19.3. The van der Waals surface area contributed by atoms with Crippen molar-refractivity contribution in [3.05, 3.63) is 71.3 Å². The molecule has 1 fully saturated rings. The van der Waals surface area contributed by atoms with E-state index in [9.17, 15) is 4.79 Å². The van der Waals surface area contributed by atoms with Gasteiger partial charge in [0, 0.05) is 18.7 Å². The molecule has 1 saturated heterocycles. The Balaban J connectivity index is 1.59. The van der Waals surface area contributed by atoms with Gasteiger partial charge in [0.2, 0.25) is 0 Å². The molecule has 28 heavy (non-hydrogen) atoms. The molecule has 0 radical (unpaired) electrons. The fourth-order valence-electron chi connectivity index (χ4n) is 4.14. The van der Waals surface area contributed by atoms with Crippen LogP contribution in [0.5, 0.6) is 5.75 Å². The minimum absolute atomic E-state index is 0.0101. The number of likely N-dealkylation sites (tertiary alicyclic amines) is 1. The van der Waals surface area contributed by atoms with Gasteiger partial charge in [-0.3, -0.25) is 9.69 Å². The zero-order valence-electron chi connectivity index (χ0n) is 16.4. The van der Waals surface area contributed by atoms with Crippen molar-refractivity contribution in [2.45, 2.75) is 26.4 Å². The van der Waals surface area contributed by atoms with E-state index in [1.165, 1.54) is 16.7 Å². The van der Waals surface area contributed by atoms with Crippen LogP contribution < -0.4 is 4.74 Å². The van der Waals surface area contributed by atoms with Crippen LogP contribution in [0.3, 0.4) is 0 Å². The zero-order valence-corrected chi connectivity index (χ0v) is 16.4. The molecule has 0 bridgehead atoms. The van der Waals surface area contributed by atoms with E-state index in [1.54, 1.807) is 0 Å². The lowest BCUT2D eigenvalue weighted by Gasteiger charge is -2.30. The molecule has 4 nitrogen and oxygen atoms in total. The van der Waals surface area contributed by atoms with Gasteiger partial charge in [-0.2, -0.15) is 0 Å². The van der Waals surface area contributed by atoms with Crippen molar-refractivity contribution < 1.29 is 14.3 Å². The highest BCUT2D eigenvalue weighted by Crippen LogP contribution is 2.36. The molecule has 2 aliphatic heterocycles. The van der Waals surface area contributed by atoms with Gasteiger partial charge in [-0.25, -0.2) is 0 Å². The molecule has 0 N–H and O–H groups in total. The number of benzene rings is 2. The smallest absolute Gasteiger partial charge is 0.310 e. The number of fused-ring (bicyclic) bond motifs is 2. The standard InChI is InChI=1S/C24H27NO3/c1-2-27-24(26)18-9-7-14-25(16-18)15-13-21-20-10-4-3-8-19(20)17-28-23-12-6-5-11-22(21)23/h3-6,8,10-13,18H,2,7,9,14-17H2,1H3. The molecule has 4 heteroatoms. The van der Waals surface area contributed by atoms with Gasteiger partial charge >= 0.3 is 5.97 Å². The molecule has 1 unspecified atom stereocenters. The minimum Gasteiger partial charge on any atom is -0.488 e. The van der Waals surface area contributed by atoms with Gasteiger partial charge in [0.05, 0.1) is 12.5 Å². The normalized spacial score (nSPS) is 20.6. The highest BCUT2D eigenvalue weighted by molar-refractivity contribution is 5.85. The number of para-hydroxylation sites is 1. The third kappa shape index (κ3) is 3.97. The molecule has 0 aromatic heterocycles. The highest BCUT2D eigenvalue weighted by atomic mass is 16.5. The van der Waals surface area contributed by atoms with Gasteiger partial charge in [-0.15, -0.1) is 0 Å². The summed E-state index contributed by atoms with van der Waals surface area (Å²) >= 11 is 0. The molecule has 4 rings (SSSR count). The van der Waals surface area contributed by atoms with Crippen LogP contribution in [0.15, 0.2) is 54.6 Å². The van der Waals surface area contributed by atoms with Gasteiger partial charge in [0.25, 0.3) is 0 Å². The molecule has 0 aliphatic carbocycles. The Labute approximate surface area is 166 Å². The van der Waals surface area contributed by atoms with Crippen molar-refractivity contribution in [1.29, 1.82) is 0 Å². The summed E-state index contributed by atoms with van der Waals surface area (Å²) in [6.45, 7) is 5.49. The van der Waals surface area contributed by atoms with E-state index in [-0.39, 0.29) is 11.9 Å². The first-order valence-corrected chi connectivity index (χ1v) is 10.2. The van der Waals surface area contributed by atoms with Gasteiger partial charge in [-0.05, 0) is 49.1 Å². The first-order chi connectivity index (χ1) is 13.8. The highest BCUT2D eigenvalue weighted by Gasteiger charge is 2.26. The molecule has 2 heterocycles. The maximum Gasteiger partial charge on any atom is 0.310 e. The van der Waals surface area contributed by atoms with E-state index in [0.29, 0.717) is 13.2 Å². The molecule has 2 aliphatic rings. The van der Waals surface area contributed by atoms with Crippen molar-refractivity contribution >= 4 is 11.5 Å². The average molecular weight is 377 g/mol. The van der Waals surface area contributed by atoms with Crippen LogP contribution in [0.1, 0.15) is 36.5 Å². The maximum atomic E-state index is 12.1. The van der Waals surface area contributed by atoms with E-state index < -0.39 is 0 Å². The number of nitrogens with zero attached hydrogens (tertiary/aromatic N) is 1. The Morgan fingerprint density at radius 2 is 1.96 bits per heavy atom.